The van der Waals surface area contributed by atoms with Gasteiger partial charge in [-0.2, -0.15) is 0 Å². The Labute approximate surface area is 57.4 Å². The topological polar surface area (TPSA) is 9.23 Å². The fourth-order valence-electron chi connectivity index (χ4n) is 2.06. The summed E-state index contributed by atoms with van der Waals surface area (Å²) in [5, 5.41) is 0. The molecule has 0 amide bonds. The standard InChI is InChI=1S/C7H14OSi/c1-9(2)6-4-3-5-8-7(6)9/h6-7H,3-5H2,1-2H3. The number of hydrogen-bond acceptors (Lipinski definition) is 1. The van der Waals surface area contributed by atoms with Crippen LogP contribution in [0.15, 0.2) is 0 Å². The molecule has 0 spiro atoms. The first-order valence-corrected chi connectivity index (χ1v) is 7.00. The van der Waals surface area contributed by atoms with E-state index in [0.717, 1.165) is 17.9 Å². The van der Waals surface area contributed by atoms with Crippen LogP contribution in [-0.4, -0.2) is 20.4 Å². The van der Waals surface area contributed by atoms with E-state index in [1.54, 1.807) is 0 Å². The predicted molar refractivity (Wildman–Crippen MR) is 40.2 cm³/mol. The molecule has 0 N–H and O–H groups in total. The van der Waals surface area contributed by atoms with Gasteiger partial charge in [0.1, 0.15) is 0 Å². The van der Waals surface area contributed by atoms with Crippen LogP contribution in [0, 0.1) is 0 Å². The summed E-state index contributed by atoms with van der Waals surface area (Å²) in [5.74, 6) is 0. The molecule has 2 unspecified atom stereocenters. The smallest absolute Gasteiger partial charge is 0.0868 e. The van der Waals surface area contributed by atoms with Crippen LogP contribution in [0.5, 0.6) is 0 Å². The van der Waals surface area contributed by atoms with Crippen LogP contribution in [-0.2, 0) is 4.74 Å². The maximum Gasteiger partial charge on any atom is 0.0868 e. The maximum absolute atomic E-state index is 5.63. The van der Waals surface area contributed by atoms with E-state index in [-0.39, 0.29) is 0 Å². The second kappa shape index (κ2) is 1.61. The molecule has 2 saturated heterocycles. The van der Waals surface area contributed by atoms with Crippen molar-refractivity contribution in [3.63, 3.8) is 0 Å². The lowest BCUT2D eigenvalue weighted by Gasteiger charge is -2.08. The molecule has 2 heteroatoms. The minimum absolute atomic E-state index is 0.756. The van der Waals surface area contributed by atoms with Gasteiger partial charge in [-0.15, -0.1) is 0 Å². The molecule has 2 aliphatic rings. The van der Waals surface area contributed by atoms with Crippen molar-refractivity contribution < 1.29 is 4.74 Å². The van der Waals surface area contributed by atoms with E-state index in [1.165, 1.54) is 12.8 Å². The van der Waals surface area contributed by atoms with E-state index in [0.29, 0.717) is 0 Å². The summed E-state index contributed by atoms with van der Waals surface area (Å²) in [7, 11) is -0.780. The first-order valence-electron chi connectivity index (χ1n) is 3.84. The van der Waals surface area contributed by atoms with Crippen LogP contribution in [0.2, 0.25) is 18.6 Å². The Morgan fingerprint density at radius 2 is 2.22 bits per heavy atom. The molecule has 0 aliphatic carbocycles. The van der Waals surface area contributed by atoms with Gasteiger partial charge in [-0.1, -0.05) is 13.1 Å². The zero-order valence-corrected chi connectivity index (χ0v) is 7.18. The molecule has 0 radical (unpaired) electrons. The predicted octanol–water partition coefficient (Wildman–Crippen LogP) is 1.80. The molecule has 2 fully saturated rings. The molecule has 2 heterocycles. The Hall–Kier alpha value is 0.177. The Morgan fingerprint density at radius 3 is 2.67 bits per heavy atom. The summed E-state index contributed by atoms with van der Waals surface area (Å²) >= 11 is 0. The average Bonchev–Trinajstić information content (AvgIpc) is 2.39. The summed E-state index contributed by atoms with van der Waals surface area (Å²) in [6.07, 6.45) is 2.78. The normalized spacial score (nSPS) is 46.0. The molecular formula is C7H14OSi. The van der Waals surface area contributed by atoms with Gasteiger partial charge in [-0.05, 0) is 18.4 Å². The van der Waals surface area contributed by atoms with E-state index in [1.807, 2.05) is 0 Å². The van der Waals surface area contributed by atoms with E-state index >= 15 is 0 Å². The fraction of sp³-hybridized carbons (Fsp3) is 1.00. The Bertz CT molecular complexity index is 119. The summed E-state index contributed by atoms with van der Waals surface area (Å²) in [4.78, 5) is 0. The van der Waals surface area contributed by atoms with E-state index < -0.39 is 8.07 Å². The van der Waals surface area contributed by atoms with Gasteiger partial charge in [0.2, 0.25) is 0 Å². The van der Waals surface area contributed by atoms with Gasteiger partial charge in [0.05, 0.1) is 8.07 Å². The minimum Gasteiger partial charge on any atom is -0.382 e. The van der Waals surface area contributed by atoms with Crippen molar-refractivity contribution in [1.82, 2.24) is 0 Å². The third-order valence-electron chi connectivity index (χ3n) is 2.90. The van der Waals surface area contributed by atoms with E-state index in [2.05, 4.69) is 13.1 Å². The number of hydrogen-bond donors (Lipinski definition) is 0. The summed E-state index contributed by atoms with van der Waals surface area (Å²) in [6.45, 7) is 5.94. The molecule has 0 aromatic heterocycles. The molecule has 9 heavy (non-hydrogen) atoms. The highest BCUT2D eigenvalue weighted by Crippen LogP contribution is 2.54. The largest absolute Gasteiger partial charge is 0.382 e. The second-order valence-corrected chi connectivity index (χ2v) is 8.81. The number of fused-ring (bicyclic) bond motifs is 1. The van der Waals surface area contributed by atoms with Gasteiger partial charge in [-0.25, -0.2) is 0 Å². The van der Waals surface area contributed by atoms with Gasteiger partial charge in [0, 0.05) is 12.3 Å². The number of rotatable bonds is 0. The van der Waals surface area contributed by atoms with Crippen LogP contribution in [0.1, 0.15) is 12.8 Å². The monoisotopic (exact) mass is 142 g/mol. The average molecular weight is 142 g/mol. The number of ether oxygens (including phenoxy) is 1. The van der Waals surface area contributed by atoms with Gasteiger partial charge in [-0.3, -0.25) is 0 Å². The molecule has 0 aromatic rings. The third kappa shape index (κ3) is 0.696. The van der Waals surface area contributed by atoms with Gasteiger partial charge in [0.15, 0.2) is 0 Å². The zero-order valence-electron chi connectivity index (χ0n) is 6.18. The quantitative estimate of drug-likeness (QED) is 0.469. The first-order chi connectivity index (χ1) is 4.23. The Kier molecular flexibility index (Phi) is 1.06. The van der Waals surface area contributed by atoms with Crippen molar-refractivity contribution >= 4 is 8.07 Å². The van der Waals surface area contributed by atoms with Crippen LogP contribution in [0.25, 0.3) is 0 Å². The van der Waals surface area contributed by atoms with Crippen LogP contribution in [0.4, 0.5) is 0 Å². The molecule has 0 aromatic carbocycles. The highest BCUT2D eigenvalue weighted by atomic mass is 28.3. The van der Waals surface area contributed by atoms with Gasteiger partial charge >= 0.3 is 0 Å². The zero-order chi connectivity index (χ0) is 6.48. The van der Waals surface area contributed by atoms with E-state index in [4.69, 9.17) is 4.74 Å². The second-order valence-electron chi connectivity index (χ2n) is 3.86. The van der Waals surface area contributed by atoms with Crippen molar-refractivity contribution in [1.29, 1.82) is 0 Å². The fourth-order valence-corrected chi connectivity index (χ4v) is 6.21. The lowest BCUT2D eigenvalue weighted by atomic mass is 10.2. The molecule has 52 valence electrons. The molecular weight excluding hydrogens is 128 g/mol. The molecule has 1 nitrogen and oxygen atoms in total. The molecule has 0 bridgehead atoms. The highest BCUT2D eigenvalue weighted by molar-refractivity contribution is 6.90. The van der Waals surface area contributed by atoms with Crippen molar-refractivity contribution in [2.45, 2.75) is 37.2 Å². The molecule has 2 aliphatic heterocycles. The van der Waals surface area contributed by atoms with Crippen molar-refractivity contribution in [2.24, 2.45) is 0 Å². The summed E-state index contributed by atoms with van der Waals surface area (Å²) in [6, 6.07) is 0. The summed E-state index contributed by atoms with van der Waals surface area (Å²) in [5.41, 5.74) is 1.79. The van der Waals surface area contributed by atoms with Crippen LogP contribution >= 0.6 is 0 Å². The Balaban J connectivity index is 2.06. The van der Waals surface area contributed by atoms with Gasteiger partial charge < -0.3 is 4.74 Å². The van der Waals surface area contributed by atoms with Crippen molar-refractivity contribution in [2.75, 3.05) is 6.61 Å². The minimum atomic E-state index is -0.780. The van der Waals surface area contributed by atoms with Crippen molar-refractivity contribution in [3.05, 3.63) is 0 Å². The van der Waals surface area contributed by atoms with Crippen LogP contribution in [0.3, 0.4) is 0 Å². The molecule has 2 rings (SSSR count). The summed E-state index contributed by atoms with van der Waals surface area (Å²) < 4.78 is 5.63. The third-order valence-corrected chi connectivity index (χ3v) is 7.06. The van der Waals surface area contributed by atoms with Crippen LogP contribution < -0.4 is 0 Å². The molecule has 2 atom stereocenters. The Morgan fingerprint density at radius 1 is 1.44 bits per heavy atom. The first kappa shape index (κ1) is 5.92. The lowest BCUT2D eigenvalue weighted by molar-refractivity contribution is 0.0978. The maximum atomic E-state index is 5.63. The lowest BCUT2D eigenvalue weighted by Crippen LogP contribution is -2.11. The van der Waals surface area contributed by atoms with E-state index in [9.17, 15) is 0 Å². The highest BCUT2D eigenvalue weighted by Gasteiger charge is 2.61. The van der Waals surface area contributed by atoms with Gasteiger partial charge in [0.25, 0.3) is 0 Å². The SMILES string of the molecule is C[Si]1(C)C2CCCOC21. The van der Waals surface area contributed by atoms with Crippen molar-refractivity contribution in [3.8, 4) is 0 Å². The molecule has 0 saturated carbocycles.